The van der Waals surface area contributed by atoms with E-state index in [9.17, 15) is 14.7 Å². The Kier molecular flexibility index (Phi) is 3.95. The third kappa shape index (κ3) is 2.81. The number of hydrogen-bond acceptors (Lipinski definition) is 3. The monoisotopic (exact) mass is 282 g/mol. The van der Waals surface area contributed by atoms with Crippen LogP contribution in [-0.2, 0) is 4.79 Å². The van der Waals surface area contributed by atoms with Gasteiger partial charge in [0.15, 0.2) is 0 Å². The first-order valence-electron chi connectivity index (χ1n) is 6.09. The zero-order chi connectivity index (χ0) is 14.0. The van der Waals surface area contributed by atoms with E-state index in [0.717, 1.165) is 12.8 Å². The van der Waals surface area contributed by atoms with Crippen molar-refractivity contribution in [3.05, 3.63) is 28.8 Å². The Morgan fingerprint density at radius 2 is 2.11 bits per heavy atom. The Labute approximate surface area is 116 Å². The molecule has 1 amide bonds. The Bertz CT molecular complexity index is 519. The molecule has 19 heavy (non-hydrogen) atoms. The van der Waals surface area contributed by atoms with Gasteiger partial charge in [-0.3, -0.25) is 4.79 Å². The number of nitrogens with zero attached hydrogens (tertiary/aromatic N) is 1. The summed E-state index contributed by atoms with van der Waals surface area (Å²) in [7, 11) is 0. The molecule has 6 heteroatoms. The molecule has 1 heterocycles. The zero-order valence-corrected chi connectivity index (χ0v) is 11.1. The highest BCUT2D eigenvalue weighted by atomic mass is 35.5. The topological polar surface area (TPSA) is 83.6 Å². The van der Waals surface area contributed by atoms with Crippen LogP contribution in [0, 0.1) is 0 Å². The normalized spacial score (nSPS) is 19.2. The predicted molar refractivity (Wildman–Crippen MR) is 72.2 cm³/mol. The molecule has 0 aromatic heterocycles. The largest absolute Gasteiger partial charge is 0.480 e. The van der Waals surface area contributed by atoms with Crippen molar-refractivity contribution >= 4 is 29.2 Å². The van der Waals surface area contributed by atoms with Crippen LogP contribution in [-0.4, -0.2) is 34.5 Å². The van der Waals surface area contributed by atoms with Gasteiger partial charge < -0.3 is 15.7 Å². The summed E-state index contributed by atoms with van der Waals surface area (Å²) in [5.41, 5.74) is 6.34. The van der Waals surface area contributed by atoms with Gasteiger partial charge in [0.2, 0.25) is 0 Å². The first-order valence-corrected chi connectivity index (χ1v) is 6.47. The van der Waals surface area contributed by atoms with Crippen molar-refractivity contribution in [3.63, 3.8) is 0 Å². The Morgan fingerprint density at radius 3 is 2.74 bits per heavy atom. The molecule has 1 aliphatic rings. The number of amides is 1. The number of likely N-dealkylation sites (tertiary alicyclic amines) is 1. The fourth-order valence-electron chi connectivity index (χ4n) is 2.29. The standard InChI is InChI=1S/C13H15ClN2O3/c14-10-7-8(15)4-5-9(10)12(17)16-6-2-1-3-11(16)13(18)19/h4-5,7,11H,1-3,6,15H2,(H,18,19). The molecule has 0 aliphatic carbocycles. The number of nitrogens with two attached hydrogens (primary N) is 1. The quantitative estimate of drug-likeness (QED) is 0.813. The molecule has 102 valence electrons. The molecule has 5 nitrogen and oxygen atoms in total. The molecule has 1 fully saturated rings. The maximum atomic E-state index is 12.4. The summed E-state index contributed by atoms with van der Waals surface area (Å²) in [5, 5.41) is 9.42. The number of benzene rings is 1. The highest BCUT2D eigenvalue weighted by Crippen LogP contribution is 2.25. The van der Waals surface area contributed by atoms with Crippen molar-refractivity contribution in [2.75, 3.05) is 12.3 Å². The summed E-state index contributed by atoms with van der Waals surface area (Å²) in [5.74, 6) is -1.32. The van der Waals surface area contributed by atoms with Crippen molar-refractivity contribution in [3.8, 4) is 0 Å². The second-order valence-electron chi connectivity index (χ2n) is 4.59. The molecular formula is C13H15ClN2O3. The third-order valence-corrected chi connectivity index (χ3v) is 3.58. The molecule has 3 N–H and O–H groups in total. The van der Waals surface area contributed by atoms with Gasteiger partial charge in [0.1, 0.15) is 6.04 Å². The number of piperidine rings is 1. The van der Waals surface area contributed by atoms with Crippen LogP contribution >= 0.6 is 11.6 Å². The summed E-state index contributed by atoms with van der Waals surface area (Å²) >= 11 is 6.00. The van der Waals surface area contributed by atoms with E-state index in [-0.39, 0.29) is 10.9 Å². The lowest BCUT2D eigenvalue weighted by atomic mass is 10.0. The van der Waals surface area contributed by atoms with E-state index in [4.69, 9.17) is 17.3 Å². The number of rotatable bonds is 2. The maximum absolute atomic E-state index is 12.4. The molecule has 1 aliphatic heterocycles. The van der Waals surface area contributed by atoms with Crippen molar-refractivity contribution in [2.24, 2.45) is 0 Å². The van der Waals surface area contributed by atoms with Gasteiger partial charge in [0, 0.05) is 12.2 Å². The van der Waals surface area contributed by atoms with Crippen LogP contribution < -0.4 is 5.73 Å². The van der Waals surface area contributed by atoms with Crippen molar-refractivity contribution in [1.82, 2.24) is 4.90 Å². The molecule has 1 aromatic carbocycles. The van der Waals surface area contributed by atoms with Crippen molar-refractivity contribution in [2.45, 2.75) is 25.3 Å². The lowest BCUT2D eigenvalue weighted by molar-refractivity contribution is -0.143. The summed E-state index contributed by atoms with van der Waals surface area (Å²) in [6.07, 6.45) is 2.10. The number of halogens is 1. The molecule has 0 bridgehead atoms. The van der Waals surface area contributed by atoms with Gasteiger partial charge in [-0.15, -0.1) is 0 Å². The SMILES string of the molecule is Nc1ccc(C(=O)N2CCCCC2C(=O)O)c(Cl)c1. The van der Waals surface area contributed by atoms with Gasteiger partial charge in [-0.2, -0.15) is 0 Å². The molecule has 1 aromatic rings. The fourth-order valence-corrected chi connectivity index (χ4v) is 2.56. The Hall–Kier alpha value is -1.75. The molecule has 1 saturated heterocycles. The van der Waals surface area contributed by atoms with Gasteiger partial charge in [-0.1, -0.05) is 11.6 Å². The predicted octanol–water partition coefficient (Wildman–Crippen LogP) is 2.00. The Balaban J connectivity index is 2.28. The van der Waals surface area contributed by atoms with E-state index in [2.05, 4.69) is 0 Å². The smallest absolute Gasteiger partial charge is 0.326 e. The average molecular weight is 283 g/mol. The second-order valence-corrected chi connectivity index (χ2v) is 4.99. The number of carbonyl (C=O) groups is 2. The van der Waals surface area contributed by atoms with E-state index in [1.165, 1.54) is 17.0 Å². The summed E-state index contributed by atoms with van der Waals surface area (Å²) in [6.45, 7) is 0.441. The van der Waals surface area contributed by atoms with Gasteiger partial charge in [0.25, 0.3) is 5.91 Å². The van der Waals surface area contributed by atoms with Crippen molar-refractivity contribution in [1.29, 1.82) is 0 Å². The van der Waals surface area contributed by atoms with E-state index < -0.39 is 12.0 Å². The van der Waals surface area contributed by atoms with E-state index in [1.54, 1.807) is 6.07 Å². The van der Waals surface area contributed by atoms with Gasteiger partial charge in [-0.05, 0) is 37.5 Å². The third-order valence-electron chi connectivity index (χ3n) is 3.27. The van der Waals surface area contributed by atoms with Crippen LogP contribution in [0.2, 0.25) is 5.02 Å². The number of nitrogen functional groups attached to an aromatic ring is 1. The van der Waals surface area contributed by atoms with Crippen LogP contribution in [0.4, 0.5) is 5.69 Å². The highest BCUT2D eigenvalue weighted by Gasteiger charge is 2.33. The van der Waals surface area contributed by atoms with Crippen LogP contribution in [0.15, 0.2) is 18.2 Å². The lowest BCUT2D eigenvalue weighted by Crippen LogP contribution is -2.48. The van der Waals surface area contributed by atoms with Crippen LogP contribution in [0.25, 0.3) is 0 Å². The number of carboxylic acid groups (broad SMARTS) is 1. The number of aliphatic carboxylic acids is 1. The van der Waals surface area contributed by atoms with Crippen LogP contribution in [0.1, 0.15) is 29.6 Å². The second kappa shape index (κ2) is 5.48. The number of anilines is 1. The van der Waals surface area contributed by atoms with Gasteiger partial charge >= 0.3 is 5.97 Å². The first-order chi connectivity index (χ1) is 9.00. The first kappa shape index (κ1) is 13.7. The zero-order valence-electron chi connectivity index (χ0n) is 10.3. The van der Waals surface area contributed by atoms with Gasteiger partial charge in [-0.25, -0.2) is 4.79 Å². The van der Waals surface area contributed by atoms with Crippen LogP contribution in [0.5, 0.6) is 0 Å². The molecule has 1 unspecified atom stereocenters. The van der Waals surface area contributed by atoms with Crippen LogP contribution in [0.3, 0.4) is 0 Å². The minimum atomic E-state index is -0.973. The van der Waals surface area contributed by atoms with Gasteiger partial charge in [0.05, 0.1) is 10.6 Å². The van der Waals surface area contributed by atoms with E-state index in [1.807, 2.05) is 0 Å². The van der Waals surface area contributed by atoms with Crippen molar-refractivity contribution < 1.29 is 14.7 Å². The summed E-state index contributed by atoms with van der Waals surface area (Å²) < 4.78 is 0. The fraction of sp³-hybridized carbons (Fsp3) is 0.385. The maximum Gasteiger partial charge on any atom is 0.326 e. The number of carbonyl (C=O) groups excluding carboxylic acids is 1. The summed E-state index contributed by atoms with van der Waals surface area (Å²) in [6, 6.07) is 3.84. The number of carboxylic acids is 1. The van der Waals surface area contributed by atoms with E-state index >= 15 is 0 Å². The molecule has 0 saturated carbocycles. The minimum Gasteiger partial charge on any atom is -0.480 e. The molecule has 0 radical (unpaired) electrons. The van der Waals surface area contributed by atoms with E-state index in [0.29, 0.717) is 24.2 Å². The minimum absolute atomic E-state index is 0.250. The molecule has 1 atom stereocenters. The Morgan fingerprint density at radius 1 is 1.37 bits per heavy atom. The lowest BCUT2D eigenvalue weighted by Gasteiger charge is -2.33. The summed E-state index contributed by atoms with van der Waals surface area (Å²) in [4.78, 5) is 25.0. The molecular weight excluding hydrogens is 268 g/mol. The number of hydrogen-bond donors (Lipinski definition) is 2. The average Bonchev–Trinajstić information content (AvgIpc) is 2.38. The molecule has 2 rings (SSSR count). The highest BCUT2D eigenvalue weighted by molar-refractivity contribution is 6.34. The molecule has 0 spiro atoms.